The molecule has 0 fully saturated rings. The highest BCUT2D eigenvalue weighted by molar-refractivity contribution is 6.89. The molecule has 0 N–H and O–H groups in total. The van der Waals surface area contributed by atoms with Crippen LogP contribution in [0.4, 0.5) is 0 Å². The normalized spacial score (nSPS) is 14.7. The van der Waals surface area contributed by atoms with E-state index in [2.05, 4.69) is 58.9 Å². The van der Waals surface area contributed by atoms with Crippen LogP contribution >= 0.6 is 0 Å². The van der Waals surface area contributed by atoms with Crippen LogP contribution in [0.1, 0.15) is 63.5 Å². The van der Waals surface area contributed by atoms with Crippen LogP contribution in [0.2, 0.25) is 65.0 Å². The standard InChI is InChI=1S/C25H52O6Si4/c1-32(2,3)29-34(7,8)31-35(9,30-33(4,5)6)22-17-15-13-11-10-12-14-16-20-25(26)28-23-24-19-18-21-27-24/h18-19,21H,10-17,20,22-23H2,1-9H3. The summed E-state index contributed by atoms with van der Waals surface area (Å²) in [6.07, 6.45) is 11.3. The minimum atomic E-state index is -2.27. The van der Waals surface area contributed by atoms with Crippen LogP contribution in [-0.4, -0.2) is 39.7 Å². The maximum Gasteiger partial charge on any atom is 0.315 e. The van der Waals surface area contributed by atoms with Crippen LogP contribution in [0.25, 0.3) is 0 Å². The molecule has 0 bridgehead atoms. The molecule has 1 heterocycles. The second kappa shape index (κ2) is 15.0. The lowest BCUT2D eigenvalue weighted by atomic mass is 10.1. The Morgan fingerprint density at radius 2 is 1.29 bits per heavy atom. The smallest absolute Gasteiger partial charge is 0.315 e. The molecule has 1 atom stereocenters. The minimum absolute atomic E-state index is 0.141. The summed E-state index contributed by atoms with van der Waals surface area (Å²) < 4.78 is 30.3. The van der Waals surface area contributed by atoms with E-state index in [1.54, 1.807) is 12.3 Å². The van der Waals surface area contributed by atoms with Gasteiger partial charge in [0.2, 0.25) is 0 Å². The number of carbonyl (C=O) groups excluding carboxylic acids is 1. The van der Waals surface area contributed by atoms with E-state index in [0.717, 1.165) is 25.3 Å². The van der Waals surface area contributed by atoms with Crippen LogP contribution in [0, 0.1) is 0 Å². The second-order valence-corrected chi connectivity index (χ2v) is 28.6. The number of esters is 1. The molecule has 0 aliphatic heterocycles. The van der Waals surface area contributed by atoms with Gasteiger partial charge in [-0.2, -0.15) is 0 Å². The number of unbranched alkanes of at least 4 members (excludes halogenated alkanes) is 7. The fraction of sp³-hybridized carbons (Fsp3) is 0.800. The first-order chi connectivity index (χ1) is 16.1. The van der Waals surface area contributed by atoms with Gasteiger partial charge in [0.05, 0.1) is 6.26 Å². The number of ether oxygens (including phenoxy) is 1. The van der Waals surface area contributed by atoms with Crippen LogP contribution in [0.15, 0.2) is 22.8 Å². The highest BCUT2D eigenvalue weighted by Crippen LogP contribution is 2.28. The van der Waals surface area contributed by atoms with Gasteiger partial charge in [0.25, 0.3) is 0 Å². The van der Waals surface area contributed by atoms with E-state index in [9.17, 15) is 4.79 Å². The van der Waals surface area contributed by atoms with Gasteiger partial charge in [0.1, 0.15) is 12.4 Å². The molecule has 0 saturated heterocycles. The minimum Gasteiger partial charge on any atom is -0.466 e. The van der Waals surface area contributed by atoms with Gasteiger partial charge in [-0.3, -0.25) is 4.79 Å². The molecule has 0 aliphatic rings. The van der Waals surface area contributed by atoms with E-state index in [4.69, 9.17) is 21.5 Å². The fourth-order valence-electron chi connectivity index (χ4n) is 4.44. The summed E-state index contributed by atoms with van der Waals surface area (Å²) in [7, 11) is -7.83. The zero-order valence-electron chi connectivity index (χ0n) is 24.0. The van der Waals surface area contributed by atoms with Crippen molar-refractivity contribution in [1.29, 1.82) is 0 Å². The molecule has 1 aromatic heterocycles. The van der Waals surface area contributed by atoms with Crippen molar-refractivity contribution in [3.05, 3.63) is 24.2 Å². The van der Waals surface area contributed by atoms with Crippen LogP contribution in [0.3, 0.4) is 0 Å². The van der Waals surface area contributed by atoms with Crippen molar-refractivity contribution in [2.75, 3.05) is 0 Å². The molecule has 0 radical (unpaired) electrons. The number of hydrogen-bond acceptors (Lipinski definition) is 6. The van der Waals surface area contributed by atoms with Crippen LogP contribution < -0.4 is 0 Å². The largest absolute Gasteiger partial charge is 0.466 e. The van der Waals surface area contributed by atoms with Crippen molar-refractivity contribution in [3.63, 3.8) is 0 Å². The first-order valence-electron chi connectivity index (χ1n) is 13.4. The first kappa shape index (κ1) is 32.5. The van der Waals surface area contributed by atoms with Crippen molar-refractivity contribution in [2.24, 2.45) is 0 Å². The van der Waals surface area contributed by atoms with Gasteiger partial charge in [-0.1, -0.05) is 44.9 Å². The summed E-state index contributed by atoms with van der Waals surface area (Å²) in [4.78, 5) is 11.8. The lowest BCUT2D eigenvalue weighted by Crippen LogP contribution is -2.56. The Bertz CT molecular complexity index is 713. The lowest BCUT2D eigenvalue weighted by molar-refractivity contribution is -0.145. The average molecular weight is 561 g/mol. The predicted molar refractivity (Wildman–Crippen MR) is 154 cm³/mol. The van der Waals surface area contributed by atoms with Gasteiger partial charge in [-0.25, -0.2) is 0 Å². The Hall–Kier alpha value is -0.502. The molecular formula is C25H52O6Si4. The Labute approximate surface area is 219 Å². The summed E-state index contributed by atoms with van der Waals surface area (Å²) in [5.74, 6) is 0.545. The highest BCUT2D eigenvalue weighted by Gasteiger charge is 2.44. The van der Waals surface area contributed by atoms with Crippen LogP contribution in [-0.2, 0) is 28.5 Å². The third kappa shape index (κ3) is 17.6. The van der Waals surface area contributed by atoms with Gasteiger partial charge < -0.3 is 21.5 Å². The van der Waals surface area contributed by atoms with E-state index in [1.807, 2.05) is 6.07 Å². The van der Waals surface area contributed by atoms with Crippen molar-refractivity contribution < 1.29 is 26.3 Å². The average Bonchev–Trinajstić information content (AvgIpc) is 3.17. The summed E-state index contributed by atoms with van der Waals surface area (Å²) in [6, 6.07) is 4.65. The third-order valence-electron chi connectivity index (χ3n) is 5.25. The zero-order valence-corrected chi connectivity index (χ0v) is 28.0. The summed E-state index contributed by atoms with van der Waals surface area (Å²) >= 11 is 0. The maximum atomic E-state index is 11.8. The molecule has 1 unspecified atom stereocenters. The van der Waals surface area contributed by atoms with Gasteiger partial charge >= 0.3 is 23.1 Å². The van der Waals surface area contributed by atoms with E-state index >= 15 is 0 Å². The lowest BCUT2D eigenvalue weighted by Gasteiger charge is -2.41. The zero-order chi connectivity index (χ0) is 26.6. The van der Waals surface area contributed by atoms with Crippen molar-refractivity contribution >= 4 is 39.7 Å². The van der Waals surface area contributed by atoms with E-state index in [1.165, 1.54) is 32.1 Å². The third-order valence-corrected chi connectivity index (χ3v) is 18.8. The topological polar surface area (TPSA) is 67.1 Å². The molecule has 0 aromatic carbocycles. The SMILES string of the molecule is C[Si](C)(C)O[Si](C)(C)O[Si](C)(CCCCCCCCCCC(=O)OCc1ccco1)O[Si](C)(C)C. The number of hydrogen-bond donors (Lipinski definition) is 0. The molecule has 1 rings (SSSR count). The molecule has 204 valence electrons. The Morgan fingerprint density at radius 1 is 0.743 bits per heavy atom. The molecule has 0 saturated carbocycles. The molecule has 0 amide bonds. The Morgan fingerprint density at radius 3 is 1.80 bits per heavy atom. The van der Waals surface area contributed by atoms with E-state index in [-0.39, 0.29) is 12.6 Å². The molecule has 0 aliphatic carbocycles. The summed E-state index contributed by atoms with van der Waals surface area (Å²) in [6.45, 7) is 20.3. The highest BCUT2D eigenvalue weighted by atomic mass is 28.5. The van der Waals surface area contributed by atoms with E-state index < -0.39 is 33.8 Å². The Balaban J connectivity index is 2.21. The van der Waals surface area contributed by atoms with Crippen molar-refractivity contribution in [2.45, 2.75) is 129 Å². The number of carbonyl (C=O) groups is 1. The number of furan rings is 1. The van der Waals surface area contributed by atoms with E-state index in [0.29, 0.717) is 12.2 Å². The number of rotatable bonds is 19. The van der Waals surface area contributed by atoms with Gasteiger partial charge in [-0.15, -0.1) is 0 Å². The van der Waals surface area contributed by atoms with Gasteiger partial charge in [-0.05, 0) is 83.5 Å². The summed E-state index contributed by atoms with van der Waals surface area (Å²) in [5.41, 5.74) is 0. The first-order valence-corrected chi connectivity index (χ1v) is 25.5. The quantitative estimate of drug-likeness (QED) is 0.0962. The predicted octanol–water partition coefficient (Wildman–Crippen LogP) is 8.33. The molecular weight excluding hydrogens is 509 g/mol. The molecule has 0 spiro atoms. The monoisotopic (exact) mass is 560 g/mol. The van der Waals surface area contributed by atoms with Crippen molar-refractivity contribution in [1.82, 2.24) is 0 Å². The maximum absolute atomic E-state index is 11.8. The van der Waals surface area contributed by atoms with Crippen LogP contribution in [0.5, 0.6) is 0 Å². The second-order valence-electron chi connectivity index (χ2n) is 12.1. The molecule has 10 heteroatoms. The summed E-state index contributed by atoms with van der Waals surface area (Å²) in [5, 5.41) is 0. The fourth-order valence-corrected chi connectivity index (χ4v) is 22.5. The molecule has 1 aromatic rings. The van der Waals surface area contributed by atoms with Gasteiger partial charge in [0.15, 0.2) is 16.6 Å². The molecule has 6 nitrogen and oxygen atoms in total. The van der Waals surface area contributed by atoms with Crippen molar-refractivity contribution in [3.8, 4) is 0 Å². The van der Waals surface area contributed by atoms with Gasteiger partial charge in [0, 0.05) is 6.42 Å². The molecule has 35 heavy (non-hydrogen) atoms. The Kier molecular flexibility index (Phi) is 14.0.